The van der Waals surface area contributed by atoms with E-state index in [0.29, 0.717) is 40.4 Å². The lowest BCUT2D eigenvalue weighted by atomic mass is 9.96. The molecule has 7 nitrogen and oxygen atoms in total. The maximum Gasteiger partial charge on any atom is 0.255 e. The van der Waals surface area contributed by atoms with Crippen LogP contribution in [0.15, 0.2) is 12.3 Å². The largest absolute Gasteiger partial charge is 0.396 e. The molecule has 1 fully saturated rings. The molecule has 0 spiro atoms. The molecule has 0 radical (unpaired) electrons. The van der Waals surface area contributed by atoms with Gasteiger partial charge in [0.1, 0.15) is 5.82 Å². The number of halogens is 1. The number of nitrogens with one attached hydrogen (secondary N) is 1. The van der Waals surface area contributed by atoms with Crippen molar-refractivity contribution in [3.05, 3.63) is 28.5 Å². The number of nitrogens with zero attached hydrogens (tertiary/aromatic N) is 3. The van der Waals surface area contributed by atoms with Crippen LogP contribution in [0.2, 0.25) is 5.02 Å². The van der Waals surface area contributed by atoms with Crippen LogP contribution in [0, 0.1) is 18.8 Å². The van der Waals surface area contributed by atoms with Crippen LogP contribution in [-0.4, -0.2) is 58.1 Å². The fourth-order valence-corrected chi connectivity index (χ4v) is 3.82. The second-order valence-corrected chi connectivity index (χ2v) is 8.02. The molecule has 148 valence electrons. The van der Waals surface area contributed by atoms with Crippen LogP contribution in [0.25, 0.3) is 5.65 Å². The molecule has 8 heteroatoms. The summed E-state index contributed by atoms with van der Waals surface area (Å²) >= 11 is 6.19. The maximum atomic E-state index is 12.7. The Bertz CT molecular complexity index is 814. The van der Waals surface area contributed by atoms with Gasteiger partial charge in [0.15, 0.2) is 5.65 Å². The topological polar surface area (TPSA) is 95.9 Å². The normalized spacial score (nSPS) is 17.3. The van der Waals surface area contributed by atoms with E-state index >= 15 is 0 Å². The van der Waals surface area contributed by atoms with Crippen molar-refractivity contribution in [3.8, 4) is 0 Å². The van der Waals surface area contributed by atoms with Crippen LogP contribution in [0.3, 0.4) is 0 Å². The van der Waals surface area contributed by atoms with Crippen LogP contribution in [0.4, 0.5) is 5.82 Å². The van der Waals surface area contributed by atoms with Gasteiger partial charge in [-0.2, -0.15) is 0 Å². The number of aryl methyl sites for hydroxylation is 1. The number of amides is 1. The molecule has 0 aliphatic carbocycles. The number of pyridine rings is 1. The lowest BCUT2D eigenvalue weighted by Crippen LogP contribution is -2.40. The molecule has 4 N–H and O–H groups in total. The average molecular weight is 394 g/mol. The minimum Gasteiger partial charge on any atom is -0.396 e. The number of fused-ring (bicyclic) bond motifs is 1. The highest BCUT2D eigenvalue weighted by Gasteiger charge is 2.22. The van der Waals surface area contributed by atoms with Gasteiger partial charge in [0.2, 0.25) is 0 Å². The molecule has 1 atom stereocenters. The summed E-state index contributed by atoms with van der Waals surface area (Å²) in [6, 6.07) is 1.59. The van der Waals surface area contributed by atoms with Gasteiger partial charge in [-0.05, 0) is 50.8 Å². The number of imidazole rings is 1. The Morgan fingerprint density at radius 2 is 2.19 bits per heavy atom. The Morgan fingerprint density at radius 1 is 1.48 bits per heavy atom. The third kappa shape index (κ3) is 4.54. The van der Waals surface area contributed by atoms with E-state index in [2.05, 4.69) is 22.1 Å². The predicted octanol–water partition coefficient (Wildman–Crippen LogP) is 1.95. The first kappa shape index (κ1) is 19.9. The van der Waals surface area contributed by atoms with Gasteiger partial charge in [-0.3, -0.25) is 9.20 Å². The summed E-state index contributed by atoms with van der Waals surface area (Å²) in [6.07, 6.45) is 3.86. The molecule has 0 aromatic carbocycles. The van der Waals surface area contributed by atoms with Gasteiger partial charge in [0.05, 0.1) is 16.3 Å². The number of aliphatic hydroxyl groups excluding tert-OH is 1. The summed E-state index contributed by atoms with van der Waals surface area (Å²) in [5, 5.41) is 12.6. The Balaban J connectivity index is 1.59. The fourth-order valence-electron chi connectivity index (χ4n) is 3.62. The zero-order valence-corrected chi connectivity index (χ0v) is 16.7. The zero-order valence-electron chi connectivity index (χ0n) is 15.9. The van der Waals surface area contributed by atoms with Crippen LogP contribution in [0.1, 0.15) is 35.8 Å². The molecule has 0 saturated carbocycles. The van der Waals surface area contributed by atoms with Gasteiger partial charge in [-0.15, -0.1) is 0 Å². The molecular weight excluding hydrogens is 366 g/mol. The SMILES string of the molecule is Cc1cn2c(N)c(Cl)cc(C(=O)NCC3CCN(C[C@@H](C)CO)CC3)c2n1. The molecule has 0 bridgehead atoms. The summed E-state index contributed by atoms with van der Waals surface area (Å²) in [5.74, 6) is 0.963. The van der Waals surface area contributed by atoms with Crippen LogP contribution in [0.5, 0.6) is 0 Å². The Hall–Kier alpha value is -1.83. The van der Waals surface area contributed by atoms with Gasteiger partial charge in [-0.25, -0.2) is 4.98 Å². The molecule has 2 aromatic rings. The molecule has 1 saturated heterocycles. The van der Waals surface area contributed by atoms with Crippen molar-refractivity contribution < 1.29 is 9.90 Å². The number of carbonyl (C=O) groups excluding carboxylic acids is 1. The van der Waals surface area contributed by atoms with E-state index in [-0.39, 0.29) is 12.5 Å². The number of hydrogen-bond donors (Lipinski definition) is 3. The Morgan fingerprint density at radius 3 is 2.85 bits per heavy atom. The van der Waals surface area contributed by atoms with Crippen LogP contribution < -0.4 is 11.1 Å². The van der Waals surface area contributed by atoms with Gasteiger partial charge < -0.3 is 21.1 Å². The lowest BCUT2D eigenvalue weighted by Gasteiger charge is -2.33. The highest BCUT2D eigenvalue weighted by Crippen LogP contribution is 2.25. The number of hydrogen-bond acceptors (Lipinski definition) is 5. The van der Waals surface area contributed by atoms with Crippen LogP contribution in [-0.2, 0) is 0 Å². The fraction of sp³-hybridized carbons (Fsp3) is 0.579. The van der Waals surface area contributed by atoms with Gasteiger partial charge in [0, 0.05) is 25.9 Å². The minimum absolute atomic E-state index is 0.177. The monoisotopic (exact) mass is 393 g/mol. The maximum absolute atomic E-state index is 12.7. The number of nitrogen functional groups attached to an aromatic ring is 1. The van der Waals surface area contributed by atoms with Crippen molar-refractivity contribution >= 4 is 29.0 Å². The average Bonchev–Trinajstić information content (AvgIpc) is 3.05. The number of likely N-dealkylation sites (tertiary alicyclic amines) is 1. The van der Waals surface area contributed by atoms with Crippen molar-refractivity contribution in [3.63, 3.8) is 0 Å². The first-order valence-corrected chi connectivity index (χ1v) is 9.82. The number of carbonyl (C=O) groups is 1. The van der Waals surface area contributed by atoms with Crippen molar-refractivity contribution in [2.75, 3.05) is 38.5 Å². The number of aliphatic hydroxyl groups is 1. The molecule has 0 unspecified atom stereocenters. The smallest absolute Gasteiger partial charge is 0.255 e. The van der Waals surface area contributed by atoms with Gasteiger partial charge >= 0.3 is 0 Å². The number of aromatic nitrogens is 2. The molecular formula is C19H28ClN5O2. The Labute approximate surface area is 164 Å². The van der Waals surface area contributed by atoms with E-state index in [9.17, 15) is 9.90 Å². The molecule has 2 aromatic heterocycles. The van der Waals surface area contributed by atoms with Crippen molar-refractivity contribution in [2.45, 2.75) is 26.7 Å². The number of rotatable bonds is 6. The minimum atomic E-state index is -0.177. The third-order valence-corrected chi connectivity index (χ3v) is 5.53. The summed E-state index contributed by atoms with van der Waals surface area (Å²) in [6.45, 7) is 7.70. The number of nitrogens with two attached hydrogens (primary N) is 1. The molecule has 27 heavy (non-hydrogen) atoms. The molecule has 1 amide bonds. The highest BCUT2D eigenvalue weighted by atomic mass is 35.5. The first-order chi connectivity index (χ1) is 12.9. The van der Waals surface area contributed by atoms with E-state index in [4.69, 9.17) is 17.3 Å². The summed E-state index contributed by atoms with van der Waals surface area (Å²) in [5.41, 5.74) is 7.74. The highest BCUT2D eigenvalue weighted by molar-refractivity contribution is 6.33. The lowest BCUT2D eigenvalue weighted by molar-refractivity contribution is 0.0930. The number of piperidine rings is 1. The van der Waals surface area contributed by atoms with Crippen LogP contribution >= 0.6 is 11.6 Å². The van der Waals surface area contributed by atoms with E-state index in [1.807, 2.05) is 6.92 Å². The summed E-state index contributed by atoms with van der Waals surface area (Å²) in [4.78, 5) is 19.5. The van der Waals surface area contributed by atoms with E-state index < -0.39 is 0 Å². The first-order valence-electron chi connectivity index (χ1n) is 9.44. The van der Waals surface area contributed by atoms with Gasteiger partial charge in [0.25, 0.3) is 5.91 Å². The van der Waals surface area contributed by atoms with Crippen molar-refractivity contribution in [1.82, 2.24) is 19.6 Å². The molecule has 1 aliphatic rings. The van der Waals surface area contributed by atoms with Crippen molar-refractivity contribution in [1.29, 1.82) is 0 Å². The standard InChI is InChI=1S/C19H28ClN5O2/c1-12(11-26)9-24-5-3-14(4-6-24)8-22-19(27)15-7-16(20)17(21)25-10-13(2)23-18(15)25/h7,10,12,14,26H,3-6,8-9,11,21H2,1-2H3,(H,22,27)/t12-/m1/s1. The third-order valence-electron chi connectivity index (χ3n) is 5.23. The molecule has 3 rings (SSSR count). The van der Waals surface area contributed by atoms with E-state index in [1.165, 1.54) is 0 Å². The second-order valence-electron chi connectivity index (χ2n) is 7.61. The summed E-state index contributed by atoms with van der Waals surface area (Å²) in [7, 11) is 0. The predicted molar refractivity (Wildman–Crippen MR) is 107 cm³/mol. The molecule has 3 heterocycles. The zero-order chi connectivity index (χ0) is 19.6. The second kappa shape index (κ2) is 8.46. The van der Waals surface area contributed by atoms with Crippen molar-refractivity contribution in [2.24, 2.45) is 11.8 Å². The van der Waals surface area contributed by atoms with Gasteiger partial charge in [-0.1, -0.05) is 18.5 Å². The summed E-state index contributed by atoms with van der Waals surface area (Å²) < 4.78 is 1.66. The Kier molecular flexibility index (Phi) is 6.24. The van der Waals surface area contributed by atoms with E-state index in [1.54, 1.807) is 16.7 Å². The molecule has 1 aliphatic heterocycles. The van der Waals surface area contributed by atoms with E-state index in [0.717, 1.165) is 38.2 Å². The number of anilines is 1. The quantitative estimate of drug-likeness (QED) is 0.697.